The molecular formula is C16H15ClO4. The second-order valence-electron chi connectivity index (χ2n) is 4.36. The van der Waals surface area contributed by atoms with E-state index < -0.39 is 12.1 Å². The molecule has 1 aromatic carbocycles. The van der Waals surface area contributed by atoms with E-state index >= 15 is 0 Å². The van der Waals surface area contributed by atoms with Crippen molar-refractivity contribution >= 4 is 17.6 Å². The molecule has 0 aliphatic rings. The molecule has 1 unspecified atom stereocenters. The van der Waals surface area contributed by atoms with E-state index in [1.807, 2.05) is 0 Å². The zero-order valence-electron chi connectivity index (χ0n) is 11.5. The lowest BCUT2D eigenvalue weighted by atomic mass is 10.1. The first-order chi connectivity index (χ1) is 10.0. The van der Waals surface area contributed by atoms with Crippen molar-refractivity contribution < 1.29 is 19.1 Å². The molecule has 0 aliphatic heterocycles. The van der Waals surface area contributed by atoms with E-state index in [-0.39, 0.29) is 17.9 Å². The van der Waals surface area contributed by atoms with Crippen molar-refractivity contribution in [3.05, 3.63) is 59.3 Å². The van der Waals surface area contributed by atoms with Gasteiger partial charge in [0.25, 0.3) is 0 Å². The molecule has 2 rings (SSSR count). The van der Waals surface area contributed by atoms with Crippen molar-refractivity contribution in [1.29, 1.82) is 0 Å². The van der Waals surface area contributed by atoms with Gasteiger partial charge in [-0.25, -0.2) is 4.79 Å². The fraction of sp³-hybridized carbons (Fsp3) is 0.188. The molecule has 0 amide bonds. The summed E-state index contributed by atoms with van der Waals surface area (Å²) >= 11 is 5.83. The smallest absolute Gasteiger partial charge is 0.336 e. The minimum atomic E-state index is -1.23. The second-order valence-corrected chi connectivity index (χ2v) is 4.79. The summed E-state index contributed by atoms with van der Waals surface area (Å²) in [6, 6.07) is 10.4. The number of carbonyl (C=O) groups is 1. The number of benzene rings is 1. The third-order valence-electron chi connectivity index (χ3n) is 2.89. The SMILES string of the molecule is C=C(C(=O)OCC)C(O)c1ccc(-c2ccc(Cl)cc2)o1. The largest absolute Gasteiger partial charge is 0.463 e. The lowest BCUT2D eigenvalue weighted by Gasteiger charge is -2.10. The number of furan rings is 1. The average molecular weight is 307 g/mol. The van der Waals surface area contributed by atoms with Crippen LogP contribution in [0.25, 0.3) is 11.3 Å². The molecule has 1 aromatic heterocycles. The van der Waals surface area contributed by atoms with E-state index in [0.717, 1.165) is 5.56 Å². The number of esters is 1. The van der Waals surface area contributed by atoms with Crippen LogP contribution < -0.4 is 0 Å². The van der Waals surface area contributed by atoms with Crippen LogP contribution in [-0.4, -0.2) is 17.7 Å². The Kier molecular flexibility index (Phi) is 4.83. The van der Waals surface area contributed by atoms with Gasteiger partial charge < -0.3 is 14.3 Å². The zero-order valence-corrected chi connectivity index (χ0v) is 12.3. The molecule has 2 aromatic rings. The quantitative estimate of drug-likeness (QED) is 0.675. The van der Waals surface area contributed by atoms with Gasteiger partial charge in [0.15, 0.2) is 0 Å². The first-order valence-electron chi connectivity index (χ1n) is 6.42. The van der Waals surface area contributed by atoms with Gasteiger partial charge >= 0.3 is 5.97 Å². The molecule has 0 saturated heterocycles. The Hall–Kier alpha value is -2.04. The Balaban J connectivity index is 2.17. The summed E-state index contributed by atoms with van der Waals surface area (Å²) in [4.78, 5) is 11.5. The van der Waals surface area contributed by atoms with Gasteiger partial charge in [0.2, 0.25) is 0 Å². The lowest BCUT2D eigenvalue weighted by molar-refractivity contribution is -0.139. The third kappa shape index (κ3) is 3.54. The first kappa shape index (κ1) is 15.4. The van der Waals surface area contributed by atoms with Crippen LogP contribution in [0.4, 0.5) is 0 Å². The number of halogens is 1. The maximum atomic E-state index is 11.5. The Labute approximate surface area is 127 Å². The highest BCUT2D eigenvalue weighted by molar-refractivity contribution is 6.30. The predicted molar refractivity (Wildman–Crippen MR) is 79.9 cm³/mol. The number of rotatable bonds is 5. The van der Waals surface area contributed by atoms with Crippen LogP contribution in [0.2, 0.25) is 5.02 Å². The highest BCUT2D eigenvalue weighted by Crippen LogP contribution is 2.29. The fourth-order valence-corrected chi connectivity index (χ4v) is 1.90. The van der Waals surface area contributed by atoms with Crippen molar-refractivity contribution in [1.82, 2.24) is 0 Å². The number of carbonyl (C=O) groups excluding carboxylic acids is 1. The van der Waals surface area contributed by atoms with E-state index in [4.69, 9.17) is 20.8 Å². The highest BCUT2D eigenvalue weighted by Gasteiger charge is 2.22. The molecule has 110 valence electrons. The van der Waals surface area contributed by atoms with Gasteiger partial charge in [-0.05, 0) is 43.3 Å². The summed E-state index contributed by atoms with van der Waals surface area (Å²) in [5, 5.41) is 10.7. The number of ether oxygens (including phenoxy) is 1. The molecule has 0 saturated carbocycles. The van der Waals surface area contributed by atoms with Crippen molar-refractivity contribution in [3.63, 3.8) is 0 Å². The summed E-state index contributed by atoms with van der Waals surface area (Å²) in [5.41, 5.74) is 0.758. The van der Waals surface area contributed by atoms with Gasteiger partial charge in [-0.2, -0.15) is 0 Å². The second kappa shape index (κ2) is 6.61. The van der Waals surface area contributed by atoms with Crippen LogP contribution in [0.15, 0.2) is 53.0 Å². The van der Waals surface area contributed by atoms with Gasteiger partial charge in [0, 0.05) is 10.6 Å². The topological polar surface area (TPSA) is 59.7 Å². The van der Waals surface area contributed by atoms with Gasteiger partial charge in [-0.3, -0.25) is 0 Å². The number of aliphatic hydroxyl groups excluding tert-OH is 1. The summed E-state index contributed by atoms with van der Waals surface area (Å²) < 4.78 is 10.4. The standard InChI is InChI=1S/C16H15ClO4/c1-3-20-16(19)10(2)15(18)14-9-8-13(21-14)11-4-6-12(17)7-5-11/h4-9,15,18H,2-3H2,1H3. The molecule has 1 N–H and O–H groups in total. The van der Waals surface area contributed by atoms with E-state index in [0.29, 0.717) is 10.8 Å². The van der Waals surface area contributed by atoms with Crippen molar-refractivity contribution in [2.24, 2.45) is 0 Å². The van der Waals surface area contributed by atoms with Crippen molar-refractivity contribution in [3.8, 4) is 11.3 Å². The summed E-state index contributed by atoms with van der Waals surface area (Å²) in [7, 11) is 0. The summed E-state index contributed by atoms with van der Waals surface area (Å²) in [6.45, 7) is 5.45. The van der Waals surface area contributed by atoms with Crippen molar-refractivity contribution in [2.75, 3.05) is 6.61 Å². The third-order valence-corrected chi connectivity index (χ3v) is 3.14. The van der Waals surface area contributed by atoms with E-state index in [1.165, 1.54) is 0 Å². The number of aliphatic hydroxyl groups is 1. The van der Waals surface area contributed by atoms with Gasteiger partial charge in [0.1, 0.15) is 17.6 Å². The number of hydrogen-bond acceptors (Lipinski definition) is 4. The molecule has 0 bridgehead atoms. The molecule has 1 atom stereocenters. The Morgan fingerprint density at radius 1 is 1.33 bits per heavy atom. The Morgan fingerprint density at radius 3 is 2.62 bits per heavy atom. The maximum absolute atomic E-state index is 11.5. The van der Waals surface area contributed by atoms with E-state index in [2.05, 4.69) is 6.58 Å². The molecule has 0 radical (unpaired) electrons. The molecule has 21 heavy (non-hydrogen) atoms. The molecule has 0 aliphatic carbocycles. The average Bonchev–Trinajstić information content (AvgIpc) is 2.96. The molecule has 1 heterocycles. The minimum absolute atomic E-state index is 0.0612. The monoisotopic (exact) mass is 306 g/mol. The van der Waals surface area contributed by atoms with Crippen LogP contribution in [0.1, 0.15) is 18.8 Å². The Morgan fingerprint density at radius 2 is 2.00 bits per heavy atom. The van der Waals surface area contributed by atoms with Gasteiger partial charge in [-0.1, -0.05) is 18.2 Å². The molecular weight excluding hydrogens is 292 g/mol. The summed E-state index contributed by atoms with van der Waals surface area (Å²) in [6.07, 6.45) is -1.23. The Bertz CT molecular complexity index is 643. The molecule has 0 spiro atoms. The lowest BCUT2D eigenvalue weighted by Crippen LogP contribution is -2.13. The van der Waals surface area contributed by atoms with Crippen molar-refractivity contribution in [2.45, 2.75) is 13.0 Å². The minimum Gasteiger partial charge on any atom is -0.463 e. The molecule has 0 fully saturated rings. The van der Waals surface area contributed by atoms with E-state index in [9.17, 15) is 9.90 Å². The van der Waals surface area contributed by atoms with Crippen LogP contribution in [0.3, 0.4) is 0 Å². The fourth-order valence-electron chi connectivity index (χ4n) is 1.78. The summed E-state index contributed by atoms with van der Waals surface area (Å²) in [5.74, 6) is 0.157. The predicted octanol–water partition coefficient (Wildman–Crippen LogP) is 3.75. The number of hydrogen-bond donors (Lipinski definition) is 1. The van der Waals surface area contributed by atoms with Crippen LogP contribution in [-0.2, 0) is 9.53 Å². The zero-order chi connectivity index (χ0) is 15.4. The first-order valence-corrected chi connectivity index (χ1v) is 6.80. The normalized spacial score (nSPS) is 12.0. The van der Waals surface area contributed by atoms with Crippen LogP contribution in [0, 0.1) is 0 Å². The maximum Gasteiger partial charge on any atom is 0.336 e. The molecule has 4 nitrogen and oxygen atoms in total. The highest BCUT2D eigenvalue weighted by atomic mass is 35.5. The van der Waals surface area contributed by atoms with Crippen LogP contribution in [0.5, 0.6) is 0 Å². The van der Waals surface area contributed by atoms with Gasteiger partial charge in [0.05, 0.1) is 12.2 Å². The van der Waals surface area contributed by atoms with E-state index in [1.54, 1.807) is 43.3 Å². The van der Waals surface area contributed by atoms with Crippen LogP contribution >= 0.6 is 11.6 Å². The molecule has 5 heteroatoms. The van der Waals surface area contributed by atoms with Gasteiger partial charge in [-0.15, -0.1) is 0 Å².